The summed E-state index contributed by atoms with van der Waals surface area (Å²) < 4.78 is 5.44. The number of nitrogens with zero attached hydrogens (tertiary/aromatic N) is 2. The quantitative estimate of drug-likeness (QED) is 0.866. The average Bonchev–Trinajstić information content (AvgIpc) is 2.65. The number of amides is 1. The van der Waals surface area contributed by atoms with Gasteiger partial charge >= 0.3 is 6.09 Å². The van der Waals surface area contributed by atoms with Crippen LogP contribution in [-0.4, -0.2) is 64.4 Å². The van der Waals surface area contributed by atoms with Crippen LogP contribution in [0.4, 0.5) is 4.79 Å². The number of carbonyl (C=O) groups is 1. The van der Waals surface area contributed by atoms with Crippen molar-refractivity contribution in [2.45, 2.75) is 77.7 Å². The van der Waals surface area contributed by atoms with Gasteiger partial charge in [0, 0.05) is 19.1 Å². The van der Waals surface area contributed by atoms with Crippen LogP contribution in [0.3, 0.4) is 0 Å². The summed E-state index contributed by atoms with van der Waals surface area (Å²) in [5.41, 5.74) is -0.494. The number of likely N-dealkylation sites (tertiary alicyclic amines) is 1. The van der Waals surface area contributed by atoms with Crippen molar-refractivity contribution < 1.29 is 14.6 Å². The number of hydrogen-bond donors (Lipinski definition) is 1. The van der Waals surface area contributed by atoms with Crippen LogP contribution in [-0.2, 0) is 4.74 Å². The third-order valence-electron chi connectivity index (χ3n) is 4.46. The van der Waals surface area contributed by atoms with Crippen LogP contribution in [0.5, 0.6) is 0 Å². The van der Waals surface area contributed by atoms with E-state index in [1.165, 1.54) is 19.3 Å². The minimum atomic E-state index is -0.494. The zero-order chi connectivity index (χ0) is 16.5. The first-order chi connectivity index (χ1) is 10.2. The lowest BCUT2D eigenvalue weighted by Gasteiger charge is -2.43. The second-order valence-corrected chi connectivity index (χ2v) is 8.20. The lowest BCUT2D eigenvalue weighted by Crippen LogP contribution is -2.52. The Hall–Kier alpha value is -0.810. The molecule has 0 spiro atoms. The SMILES string of the molecule is CC(C)CN(C1CCC1)[C@@H]1CN(C(=O)OC(C)(C)C)C[C@H]1O. The zero-order valence-electron chi connectivity index (χ0n) is 14.7. The Balaban J connectivity index is 2.00. The number of aliphatic hydroxyl groups excluding tert-OH is 1. The van der Waals surface area contributed by atoms with Gasteiger partial charge in [0.05, 0.1) is 18.7 Å². The maximum absolute atomic E-state index is 12.2. The standard InChI is InChI=1S/C17H32N2O3/c1-12(2)9-19(13-7-6-8-13)14-10-18(11-15(14)20)16(21)22-17(3,4)5/h12-15,20H,6-11H2,1-5H3/t14-,15-/m1/s1. The predicted octanol–water partition coefficient (Wildman–Crippen LogP) is 2.48. The molecule has 5 heteroatoms. The fraction of sp³-hybridized carbons (Fsp3) is 0.941. The summed E-state index contributed by atoms with van der Waals surface area (Å²) in [5, 5.41) is 10.5. The number of hydrogen-bond acceptors (Lipinski definition) is 4. The molecule has 0 aromatic carbocycles. The van der Waals surface area contributed by atoms with Crippen LogP contribution < -0.4 is 0 Å². The summed E-state index contributed by atoms with van der Waals surface area (Å²) in [6.45, 7) is 11.9. The second-order valence-electron chi connectivity index (χ2n) is 8.20. The molecule has 1 saturated carbocycles. The van der Waals surface area contributed by atoms with Crippen molar-refractivity contribution in [1.82, 2.24) is 9.80 Å². The fourth-order valence-electron chi connectivity index (χ4n) is 3.27. The molecule has 1 aliphatic carbocycles. The van der Waals surface area contributed by atoms with E-state index < -0.39 is 11.7 Å². The van der Waals surface area contributed by atoms with Crippen molar-refractivity contribution in [3.63, 3.8) is 0 Å². The third kappa shape index (κ3) is 4.35. The van der Waals surface area contributed by atoms with Gasteiger partial charge in [-0.1, -0.05) is 20.3 Å². The molecule has 0 aromatic heterocycles. The highest BCUT2D eigenvalue weighted by atomic mass is 16.6. The topological polar surface area (TPSA) is 53.0 Å². The molecule has 0 unspecified atom stereocenters. The van der Waals surface area contributed by atoms with E-state index in [0.717, 1.165) is 6.54 Å². The first kappa shape index (κ1) is 17.5. The largest absolute Gasteiger partial charge is 0.444 e. The van der Waals surface area contributed by atoms with Crippen molar-refractivity contribution in [2.24, 2.45) is 5.92 Å². The van der Waals surface area contributed by atoms with Crippen molar-refractivity contribution in [3.05, 3.63) is 0 Å². The number of carbonyl (C=O) groups excluding carboxylic acids is 1. The van der Waals surface area contributed by atoms with Crippen molar-refractivity contribution in [1.29, 1.82) is 0 Å². The van der Waals surface area contributed by atoms with Gasteiger partial charge in [0.2, 0.25) is 0 Å². The molecule has 2 rings (SSSR count). The molecule has 5 nitrogen and oxygen atoms in total. The van der Waals surface area contributed by atoms with Gasteiger partial charge < -0.3 is 14.7 Å². The van der Waals surface area contributed by atoms with Gasteiger partial charge in [0.25, 0.3) is 0 Å². The number of β-amino-alcohol motifs (C(OH)–C–C–N with tert-alkyl or cyclic N) is 1. The minimum Gasteiger partial charge on any atom is -0.444 e. The molecule has 0 aromatic rings. The lowest BCUT2D eigenvalue weighted by atomic mass is 9.89. The van der Waals surface area contributed by atoms with Gasteiger partial charge in [-0.2, -0.15) is 0 Å². The summed E-state index contributed by atoms with van der Waals surface area (Å²) in [6, 6.07) is 0.612. The molecule has 2 atom stereocenters. The normalized spacial score (nSPS) is 26.6. The van der Waals surface area contributed by atoms with Crippen LogP contribution in [0.25, 0.3) is 0 Å². The molecule has 128 valence electrons. The molecular formula is C17H32N2O3. The van der Waals surface area contributed by atoms with Crippen LogP contribution in [0, 0.1) is 5.92 Å². The zero-order valence-corrected chi connectivity index (χ0v) is 14.7. The molecule has 0 radical (unpaired) electrons. The summed E-state index contributed by atoms with van der Waals surface area (Å²) in [4.78, 5) is 16.3. The molecule has 22 heavy (non-hydrogen) atoms. The molecule has 1 amide bonds. The Labute approximate surface area is 134 Å². The van der Waals surface area contributed by atoms with Crippen LogP contribution in [0.15, 0.2) is 0 Å². The molecule has 2 aliphatic rings. The van der Waals surface area contributed by atoms with E-state index >= 15 is 0 Å². The van der Waals surface area contributed by atoms with Gasteiger partial charge in [-0.05, 0) is 39.5 Å². The molecule has 0 bridgehead atoms. The average molecular weight is 312 g/mol. The van der Waals surface area contributed by atoms with Crippen molar-refractivity contribution in [3.8, 4) is 0 Å². The highest BCUT2D eigenvalue weighted by molar-refractivity contribution is 5.68. The van der Waals surface area contributed by atoms with Crippen LogP contribution in [0.1, 0.15) is 53.9 Å². The molecular weight excluding hydrogens is 280 g/mol. The molecule has 1 heterocycles. The summed E-state index contributed by atoms with van der Waals surface area (Å²) in [6.07, 6.45) is 2.90. The third-order valence-corrected chi connectivity index (χ3v) is 4.46. The van der Waals surface area contributed by atoms with Crippen LogP contribution >= 0.6 is 0 Å². The van der Waals surface area contributed by atoms with Crippen LogP contribution in [0.2, 0.25) is 0 Å². The van der Waals surface area contributed by atoms with Crippen molar-refractivity contribution >= 4 is 6.09 Å². The Morgan fingerprint density at radius 3 is 2.41 bits per heavy atom. The fourth-order valence-corrected chi connectivity index (χ4v) is 3.27. The van der Waals surface area contributed by atoms with E-state index in [2.05, 4.69) is 18.7 Å². The Bertz CT molecular complexity index is 388. The summed E-state index contributed by atoms with van der Waals surface area (Å²) in [7, 11) is 0. The van der Waals surface area contributed by atoms with E-state index in [1.54, 1.807) is 4.90 Å². The first-order valence-electron chi connectivity index (χ1n) is 8.59. The highest BCUT2D eigenvalue weighted by Gasteiger charge is 2.42. The maximum Gasteiger partial charge on any atom is 0.410 e. The number of rotatable bonds is 4. The van der Waals surface area contributed by atoms with Gasteiger partial charge in [-0.25, -0.2) is 4.79 Å². The molecule has 2 fully saturated rings. The maximum atomic E-state index is 12.2. The predicted molar refractivity (Wildman–Crippen MR) is 86.8 cm³/mol. The molecule has 1 saturated heterocycles. The summed E-state index contributed by atoms with van der Waals surface area (Å²) in [5.74, 6) is 0.559. The van der Waals surface area contributed by atoms with E-state index in [9.17, 15) is 9.90 Å². The van der Waals surface area contributed by atoms with E-state index in [0.29, 0.717) is 25.0 Å². The van der Waals surface area contributed by atoms with Crippen molar-refractivity contribution in [2.75, 3.05) is 19.6 Å². The minimum absolute atomic E-state index is 0.0419. The lowest BCUT2D eigenvalue weighted by molar-refractivity contribution is 0.0176. The van der Waals surface area contributed by atoms with Gasteiger partial charge in [-0.15, -0.1) is 0 Å². The molecule has 1 N–H and O–H groups in total. The summed E-state index contributed by atoms with van der Waals surface area (Å²) >= 11 is 0. The first-order valence-corrected chi connectivity index (χ1v) is 8.59. The smallest absolute Gasteiger partial charge is 0.410 e. The monoisotopic (exact) mass is 312 g/mol. The Morgan fingerprint density at radius 1 is 1.32 bits per heavy atom. The van der Waals surface area contributed by atoms with Gasteiger partial charge in [-0.3, -0.25) is 4.90 Å². The van der Waals surface area contributed by atoms with E-state index in [4.69, 9.17) is 4.74 Å². The highest BCUT2D eigenvalue weighted by Crippen LogP contribution is 2.30. The van der Waals surface area contributed by atoms with E-state index in [-0.39, 0.29) is 12.1 Å². The number of aliphatic hydroxyl groups is 1. The van der Waals surface area contributed by atoms with Gasteiger partial charge in [0.1, 0.15) is 5.60 Å². The van der Waals surface area contributed by atoms with Gasteiger partial charge in [0.15, 0.2) is 0 Å². The van der Waals surface area contributed by atoms with E-state index in [1.807, 2.05) is 20.8 Å². The Morgan fingerprint density at radius 2 is 1.95 bits per heavy atom. The second kappa shape index (κ2) is 6.75. The Kier molecular flexibility index (Phi) is 5.38. The number of ether oxygens (including phenoxy) is 1. The molecule has 1 aliphatic heterocycles.